The number of nitrogens with zero attached hydrogens (tertiary/aromatic N) is 1. The zero-order valence-corrected chi connectivity index (χ0v) is 12.0. The fourth-order valence-electron chi connectivity index (χ4n) is 3.18. The van der Waals surface area contributed by atoms with E-state index in [4.69, 9.17) is 10.1 Å². The molecule has 0 radical (unpaired) electrons. The monoisotopic (exact) mass is 252 g/mol. The Kier molecular flexibility index (Phi) is 5.04. The minimum atomic E-state index is 0.511. The molecular formula is C15H28N2O. The van der Waals surface area contributed by atoms with Crippen LogP contribution < -0.4 is 0 Å². The number of hydrogen-bond donors (Lipinski definition) is 1. The average Bonchev–Trinajstić information content (AvgIpc) is 3.24. The summed E-state index contributed by atoms with van der Waals surface area (Å²) in [5.74, 6) is 2.23. The molecule has 0 heterocycles. The summed E-state index contributed by atoms with van der Waals surface area (Å²) in [6, 6.07) is 0.537. The normalized spacial score (nSPS) is 22.8. The van der Waals surface area contributed by atoms with Crippen molar-refractivity contribution in [1.29, 1.82) is 5.41 Å². The highest BCUT2D eigenvalue weighted by Crippen LogP contribution is 2.36. The molecule has 0 saturated heterocycles. The van der Waals surface area contributed by atoms with Crippen LogP contribution in [-0.4, -0.2) is 37.0 Å². The Balaban J connectivity index is 1.94. The first-order chi connectivity index (χ1) is 8.74. The molecule has 1 unspecified atom stereocenters. The van der Waals surface area contributed by atoms with Crippen LogP contribution in [0.15, 0.2) is 0 Å². The quantitative estimate of drug-likeness (QED) is 0.581. The highest BCUT2D eigenvalue weighted by molar-refractivity contribution is 5.82. The number of nitrogens with one attached hydrogen (secondary N) is 1. The number of methoxy groups -OCH3 is 1. The van der Waals surface area contributed by atoms with Crippen molar-refractivity contribution in [3.8, 4) is 0 Å². The average molecular weight is 252 g/mol. The van der Waals surface area contributed by atoms with Crippen molar-refractivity contribution in [3.63, 3.8) is 0 Å². The van der Waals surface area contributed by atoms with Crippen molar-refractivity contribution in [2.75, 3.05) is 20.3 Å². The molecule has 0 bridgehead atoms. The molecule has 0 amide bonds. The molecule has 2 saturated carbocycles. The van der Waals surface area contributed by atoms with Crippen molar-refractivity contribution < 1.29 is 4.74 Å². The van der Waals surface area contributed by atoms with Gasteiger partial charge in [-0.2, -0.15) is 0 Å². The van der Waals surface area contributed by atoms with E-state index in [2.05, 4.69) is 11.8 Å². The smallest absolute Gasteiger partial charge is 0.0992 e. The molecule has 18 heavy (non-hydrogen) atoms. The summed E-state index contributed by atoms with van der Waals surface area (Å²) in [4.78, 5) is 2.33. The fraction of sp³-hybridized carbons (Fsp3) is 0.933. The molecule has 0 aromatic heterocycles. The molecule has 1 atom stereocenters. The van der Waals surface area contributed by atoms with Gasteiger partial charge in [0.2, 0.25) is 0 Å². The summed E-state index contributed by atoms with van der Waals surface area (Å²) in [5.41, 5.74) is 0. The van der Waals surface area contributed by atoms with Crippen LogP contribution in [-0.2, 0) is 4.74 Å². The third-order valence-electron chi connectivity index (χ3n) is 4.63. The first-order valence-corrected chi connectivity index (χ1v) is 7.58. The maximum absolute atomic E-state index is 8.54. The van der Waals surface area contributed by atoms with E-state index in [1.807, 2.05) is 0 Å². The van der Waals surface area contributed by atoms with Crippen LogP contribution in [0.25, 0.3) is 0 Å². The van der Waals surface area contributed by atoms with Crippen LogP contribution in [0.4, 0.5) is 0 Å². The molecular weight excluding hydrogens is 224 g/mol. The van der Waals surface area contributed by atoms with Gasteiger partial charge >= 0.3 is 0 Å². The Morgan fingerprint density at radius 1 is 1.22 bits per heavy atom. The van der Waals surface area contributed by atoms with Crippen LogP contribution in [0.5, 0.6) is 0 Å². The van der Waals surface area contributed by atoms with Gasteiger partial charge in [-0.15, -0.1) is 0 Å². The minimum Gasteiger partial charge on any atom is -0.383 e. The third kappa shape index (κ3) is 3.47. The number of amidine groups is 1. The van der Waals surface area contributed by atoms with Gasteiger partial charge in [0, 0.05) is 25.6 Å². The molecule has 2 fully saturated rings. The molecule has 2 aliphatic rings. The summed E-state index contributed by atoms with van der Waals surface area (Å²) in [7, 11) is 1.75. The highest BCUT2D eigenvalue weighted by Gasteiger charge is 2.34. The minimum absolute atomic E-state index is 0.511. The Labute approximate surface area is 111 Å². The lowest BCUT2D eigenvalue weighted by Gasteiger charge is -2.36. The summed E-state index contributed by atoms with van der Waals surface area (Å²) in [6.07, 6.45) is 9.12. The Morgan fingerprint density at radius 3 is 2.44 bits per heavy atom. The van der Waals surface area contributed by atoms with E-state index in [9.17, 15) is 0 Å². The molecule has 2 rings (SSSR count). The van der Waals surface area contributed by atoms with Crippen LogP contribution in [0.3, 0.4) is 0 Å². The van der Waals surface area contributed by atoms with E-state index < -0.39 is 0 Å². The van der Waals surface area contributed by atoms with Crippen molar-refractivity contribution >= 4 is 5.84 Å². The lowest BCUT2D eigenvalue weighted by Crippen LogP contribution is -2.45. The number of ether oxygens (including phenoxy) is 1. The van der Waals surface area contributed by atoms with E-state index in [1.54, 1.807) is 7.11 Å². The van der Waals surface area contributed by atoms with Gasteiger partial charge < -0.3 is 9.64 Å². The van der Waals surface area contributed by atoms with Crippen molar-refractivity contribution in [1.82, 2.24) is 4.90 Å². The van der Waals surface area contributed by atoms with Crippen molar-refractivity contribution in [3.05, 3.63) is 0 Å². The Hall–Kier alpha value is -0.570. The first kappa shape index (κ1) is 13.9. The highest BCUT2D eigenvalue weighted by atomic mass is 16.5. The van der Waals surface area contributed by atoms with Gasteiger partial charge in [-0.3, -0.25) is 5.41 Å². The second kappa shape index (κ2) is 6.55. The molecule has 0 aromatic rings. The summed E-state index contributed by atoms with van der Waals surface area (Å²) >= 11 is 0. The topological polar surface area (TPSA) is 36.3 Å². The fourth-order valence-corrected chi connectivity index (χ4v) is 3.18. The van der Waals surface area contributed by atoms with Gasteiger partial charge in [0.1, 0.15) is 0 Å². The Bertz CT molecular complexity index is 270. The molecule has 3 nitrogen and oxygen atoms in total. The molecule has 0 spiro atoms. The van der Waals surface area contributed by atoms with Crippen LogP contribution in [0.2, 0.25) is 0 Å². The second-order valence-electron chi connectivity index (χ2n) is 5.98. The molecule has 104 valence electrons. The van der Waals surface area contributed by atoms with Crippen LogP contribution in [0.1, 0.15) is 51.9 Å². The van der Waals surface area contributed by atoms with Gasteiger partial charge in [0.25, 0.3) is 0 Å². The van der Waals surface area contributed by atoms with Gasteiger partial charge in [0.05, 0.1) is 12.4 Å². The summed E-state index contributed by atoms with van der Waals surface area (Å²) in [5, 5.41) is 8.54. The third-order valence-corrected chi connectivity index (χ3v) is 4.63. The zero-order chi connectivity index (χ0) is 13.0. The molecule has 3 heteroatoms. The Morgan fingerprint density at radius 2 is 1.89 bits per heavy atom. The standard InChI is InChI=1S/C15H28N2O/c1-12(13-8-9-13)17(10-11-18-2)15(16)14-6-4-3-5-7-14/h12-14,16H,3-11H2,1-2H3. The van der Waals surface area contributed by atoms with Crippen molar-refractivity contribution in [2.24, 2.45) is 11.8 Å². The van der Waals surface area contributed by atoms with Crippen molar-refractivity contribution in [2.45, 2.75) is 57.9 Å². The van der Waals surface area contributed by atoms with E-state index in [-0.39, 0.29) is 0 Å². The number of hydrogen-bond acceptors (Lipinski definition) is 2. The summed E-state index contributed by atoms with van der Waals surface area (Å²) < 4.78 is 5.22. The lowest BCUT2D eigenvalue weighted by atomic mass is 9.87. The van der Waals surface area contributed by atoms with Crippen LogP contribution >= 0.6 is 0 Å². The molecule has 0 aromatic carbocycles. The zero-order valence-electron chi connectivity index (χ0n) is 12.0. The van der Waals surface area contributed by atoms with Gasteiger partial charge in [0.15, 0.2) is 0 Å². The van der Waals surface area contributed by atoms with E-state index in [0.717, 1.165) is 24.9 Å². The van der Waals surface area contributed by atoms with E-state index in [1.165, 1.54) is 44.9 Å². The first-order valence-electron chi connectivity index (χ1n) is 7.58. The van der Waals surface area contributed by atoms with E-state index in [0.29, 0.717) is 12.0 Å². The van der Waals surface area contributed by atoms with E-state index >= 15 is 0 Å². The predicted octanol–water partition coefficient (Wildman–Crippen LogP) is 3.29. The van der Waals surface area contributed by atoms with Gasteiger partial charge in [-0.25, -0.2) is 0 Å². The lowest BCUT2D eigenvalue weighted by molar-refractivity contribution is 0.154. The van der Waals surface area contributed by atoms with Crippen LogP contribution in [0, 0.1) is 17.2 Å². The maximum atomic E-state index is 8.54. The summed E-state index contributed by atoms with van der Waals surface area (Å²) in [6.45, 7) is 3.93. The predicted molar refractivity (Wildman–Crippen MR) is 75.1 cm³/mol. The maximum Gasteiger partial charge on any atom is 0.0992 e. The second-order valence-corrected chi connectivity index (χ2v) is 5.98. The van der Waals surface area contributed by atoms with Gasteiger partial charge in [-0.05, 0) is 38.5 Å². The molecule has 1 N–H and O–H groups in total. The SMILES string of the molecule is COCCN(C(=N)C1CCCCC1)C(C)C1CC1. The number of rotatable bonds is 6. The molecule has 2 aliphatic carbocycles. The van der Waals surface area contributed by atoms with Gasteiger partial charge in [-0.1, -0.05) is 19.3 Å². The molecule has 0 aliphatic heterocycles. The largest absolute Gasteiger partial charge is 0.383 e.